The van der Waals surface area contributed by atoms with Crippen LogP contribution in [0.5, 0.6) is 0 Å². The summed E-state index contributed by atoms with van der Waals surface area (Å²) in [6.45, 7) is 2.81. The second kappa shape index (κ2) is 9.88. The van der Waals surface area contributed by atoms with Crippen LogP contribution in [0.4, 0.5) is 38.0 Å². The molecule has 1 amide bonds. The third kappa shape index (κ3) is 5.84. The number of aromatic nitrogens is 2. The second-order valence-electron chi connectivity index (χ2n) is 8.70. The number of fused-ring (bicyclic) bond motifs is 1. The van der Waals surface area contributed by atoms with Crippen LogP contribution in [0.25, 0.3) is 0 Å². The third-order valence-electron chi connectivity index (χ3n) is 6.03. The van der Waals surface area contributed by atoms with Crippen molar-refractivity contribution >= 4 is 29.2 Å². The normalized spacial score (nSPS) is 16.4. The van der Waals surface area contributed by atoms with Gasteiger partial charge in [-0.05, 0) is 61.2 Å². The minimum atomic E-state index is -4.99. The molecule has 198 valence electrons. The molecular formula is C24H21ClF6N4O2. The minimum Gasteiger partial charge on any atom is -0.331 e. The Bertz CT molecular complexity index is 1270. The Morgan fingerprint density at radius 2 is 1.76 bits per heavy atom. The summed E-state index contributed by atoms with van der Waals surface area (Å²) < 4.78 is 85.7. The zero-order chi connectivity index (χ0) is 27.1. The first-order chi connectivity index (χ1) is 17.2. The molecule has 2 aromatic carbocycles. The Hall–Kier alpha value is -3.28. The number of aryl methyl sites for hydroxylation is 1. The van der Waals surface area contributed by atoms with Gasteiger partial charge in [-0.25, -0.2) is 0 Å². The Labute approximate surface area is 212 Å². The molecule has 0 bridgehead atoms. The molecule has 0 radical (unpaired) electrons. The maximum atomic E-state index is 13.4. The molecule has 1 atom stereocenters. The number of carbonyl (C=O) groups excluding carboxylic acids is 1. The zero-order valence-electron chi connectivity index (χ0n) is 19.6. The monoisotopic (exact) mass is 546 g/mol. The maximum Gasteiger partial charge on any atom is 0.416 e. The van der Waals surface area contributed by atoms with Gasteiger partial charge in [-0.2, -0.15) is 31.3 Å². The van der Waals surface area contributed by atoms with Crippen LogP contribution in [0, 0.1) is 6.92 Å². The van der Waals surface area contributed by atoms with E-state index in [1.807, 2.05) is 0 Å². The summed E-state index contributed by atoms with van der Waals surface area (Å²) in [4.78, 5) is 20.0. The number of alkyl halides is 6. The van der Waals surface area contributed by atoms with Crippen molar-refractivity contribution in [3.8, 4) is 0 Å². The molecule has 1 aromatic heterocycles. The maximum absolute atomic E-state index is 13.4. The summed E-state index contributed by atoms with van der Waals surface area (Å²) >= 11 is 6.24. The number of amides is 1. The van der Waals surface area contributed by atoms with Crippen LogP contribution < -0.4 is 4.90 Å². The average Bonchev–Trinajstić information content (AvgIpc) is 3.14. The predicted octanol–water partition coefficient (Wildman–Crippen LogP) is 7.09. The topological polar surface area (TPSA) is 62.5 Å². The predicted molar refractivity (Wildman–Crippen MR) is 122 cm³/mol. The lowest BCUT2D eigenvalue weighted by Gasteiger charge is -2.32. The molecule has 0 saturated carbocycles. The van der Waals surface area contributed by atoms with Gasteiger partial charge in [0.1, 0.15) is 0 Å². The number of rotatable bonds is 4. The molecule has 4 rings (SSSR count). The first kappa shape index (κ1) is 26.8. The molecule has 1 aliphatic heterocycles. The van der Waals surface area contributed by atoms with E-state index >= 15 is 0 Å². The lowest BCUT2D eigenvalue weighted by Crippen LogP contribution is -2.33. The number of anilines is 2. The van der Waals surface area contributed by atoms with Gasteiger partial charge in [-0.1, -0.05) is 22.8 Å². The van der Waals surface area contributed by atoms with Crippen molar-refractivity contribution in [1.29, 1.82) is 0 Å². The van der Waals surface area contributed by atoms with Crippen molar-refractivity contribution in [1.82, 2.24) is 15.0 Å². The van der Waals surface area contributed by atoms with Crippen molar-refractivity contribution in [3.05, 3.63) is 69.5 Å². The van der Waals surface area contributed by atoms with Crippen molar-refractivity contribution in [3.63, 3.8) is 0 Å². The van der Waals surface area contributed by atoms with Gasteiger partial charge in [-0.3, -0.25) is 9.69 Å². The summed E-state index contributed by atoms with van der Waals surface area (Å²) in [5, 5.41) is 4.18. The van der Waals surface area contributed by atoms with E-state index < -0.39 is 42.0 Å². The molecule has 1 unspecified atom stereocenters. The van der Waals surface area contributed by atoms with E-state index in [0.717, 1.165) is 0 Å². The van der Waals surface area contributed by atoms with Crippen LogP contribution in [0.1, 0.15) is 53.9 Å². The molecular weight excluding hydrogens is 526 g/mol. The van der Waals surface area contributed by atoms with Gasteiger partial charge in [-0.15, -0.1) is 0 Å². The van der Waals surface area contributed by atoms with Gasteiger partial charge in [0.05, 0.1) is 22.9 Å². The highest BCUT2D eigenvalue weighted by atomic mass is 35.5. The van der Waals surface area contributed by atoms with Crippen LogP contribution in [0.3, 0.4) is 0 Å². The molecule has 2 heterocycles. The Balaban J connectivity index is 1.78. The lowest BCUT2D eigenvalue weighted by molar-refractivity contribution is -0.143. The third-order valence-corrected chi connectivity index (χ3v) is 6.27. The summed E-state index contributed by atoms with van der Waals surface area (Å²) in [5.41, 5.74) is -2.03. The van der Waals surface area contributed by atoms with Crippen molar-refractivity contribution in [2.45, 2.75) is 51.6 Å². The number of nitrogens with zero attached hydrogens (tertiary/aromatic N) is 4. The molecule has 0 N–H and O–H groups in total. The fourth-order valence-corrected chi connectivity index (χ4v) is 4.58. The number of benzene rings is 2. The largest absolute Gasteiger partial charge is 0.416 e. The van der Waals surface area contributed by atoms with E-state index in [1.54, 1.807) is 30.0 Å². The molecule has 6 nitrogen and oxygen atoms in total. The van der Waals surface area contributed by atoms with E-state index in [1.165, 1.54) is 11.8 Å². The summed E-state index contributed by atoms with van der Waals surface area (Å²) in [7, 11) is 0. The smallest absolute Gasteiger partial charge is 0.331 e. The quantitative estimate of drug-likeness (QED) is 0.327. The summed E-state index contributed by atoms with van der Waals surface area (Å²) in [6, 6.07) is 5.78. The highest BCUT2D eigenvalue weighted by molar-refractivity contribution is 6.30. The molecule has 0 spiro atoms. The van der Waals surface area contributed by atoms with E-state index in [-0.39, 0.29) is 17.6 Å². The first-order valence-electron chi connectivity index (χ1n) is 11.2. The van der Waals surface area contributed by atoms with Crippen LogP contribution in [0.15, 0.2) is 40.9 Å². The number of halogens is 7. The van der Waals surface area contributed by atoms with Crippen LogP contribution in [0.2, 0.25) is 5.02 Å². The first-order valence-corrected chi connectivity index (χ1v) is 11.5. The molecule has 0 fully saturated rings. The number of carbonyl (C=O) groups is 1. The van der Waals surface area contributed by atoms with Gasteiger partial charge in [0.15, 0.2) is 5.82 Å². The second-order valence-corrected chi connectivity index (χ2v) is 9.13. The average molecular weight is 547 g/mol. The van der Waals surface area contributed by atoms with Crippen LogP contribution in [-0.2, 0) is 23.7 Å². The van der Waals surface area contributed by atoms with Gasteiger partial charge in [0, 0.05) is 25.0 Å². The van der Waals surface area contributed by atoms with E-state index in [9.17, 15) is 31.1 Å². The van der Waals surface area contributed by atoms with Crippen LogP contribution in [-0.4, -0.2) is 27.5 Å². The fraction of sp³-hybridized carbons (Fsp3) is 0.375. The molecule has 13 heteroatoms. The van der Waals surface area contributed by atoms with Crippen molar-refractivity contribution < 1.29 is 35.7 Å². The van der Waals surface area contributed by atoms with E-state index in [0.29, 0.717) is 53.6 Å². The lowest BCUT2D eigenvalue weighted by atomic mass is 9.98. The van der Waals surface area contributed by atoms with E-state index in [2.05, 4.69) is 10.1 Å². The van der Waals surface area contributed by atoms with Crippen molar-refractivity contribution in [2.24, 2.45) is 0 Å². The number of hydrogen-bond acceptors (Lipinski definition) is 5. The SMILES string of the molecule is CC(=O)N(Cc1cc(C(F)(F)F)cc(C(F)(F)F)c1)C1CCCN(c2nc(C)no2)c2cc(Cl)ccc21. The molecule has 1 aliphatic rings. The molecule has 0 aliphatic carbocycles. The molecule has 37 heavy (non-hydrogen) atoms. The van der Waals surface area contributed by atoms with Crippen LogP contribution >= 0.6 is 11.6 Å². The van der Waals surface area contributed by atoms with Gasteiger partial charge in [0.2, 0.25) is 5.91 Å². The highest BCUT2D eigenvalue weighted by Gasteiger charge is 2.38. The summed E-state index contributed by atoms with van der Waals surface area (Å²) in [5.74, 6) is -0.117. The van der Waals surface area contributed by atoms with E-state index in [4.69, 9.17) is 16.1 Å². The highest BCUT2D eigenvalue weighted by Crippen LogP contribution is 2.42. The Morgan fingerprint density at radius 3 is 2.30 bits per heavy atom. The zero-order valence-corrected chi connectivity index (χ0v) is 20.4. The summed E-state index contributed by atoms with van der Waals surface area (Å²) in [6.07, 6.45) is -9.11. The van der Waals surface area contributed by atoms with Gasteiger partial charge < -0.3 is 9.42 Å². The van der Waals surface area contributed by atoms with Crippen molar-refractivity contribution in [2.75, 3.05) is 11.4 Å². The molecule has 3 aromatic rings. The number of hydrogen-bond donors (Lipinski definition) is 0. The fourth-order valence-electron chi connectivity index (χ4n) is 4.42. The standard InChI is InChI=1S/C24H21ClF6N4O2/c1-13-32-22(37-33-13)34-7-3-4-20(19-6-5-18(25)11-21(19)34)35(14(2)36)12-15-8-16(23(26,27)28)10-17(9-15)24(29,30)31/h5-6,8-11,20H,3-4,7,12H2,1-2H3. The Morgan fingerprint density at radius 1 is 1.11 bits per heavy atom. The van der Waals surface area contributed by atoms with Gasteiger partial charge in [0.25, 0.3) is 0 Å². The van der Waals surface area contributed by atoms with Gasteiger partial charge >= 0.3 is 18.4 Å². The Kier molecular flexibility index (Phi) is 7.15. The minimum absolute atomic E-state index is 0.0643. The molecule has 0 saturated heterocycles.